The van der Waals surface area contributed by atoms with Crippen molar-refractivity contribution < 1.29 is 0 Å². The van der Waals surface area contributed by atoms with Gasteiger partial charge in [-0.3, -0.25) is 0 Å². The van der Waals surface area contributed by atoms with Crippen molar-refractivity contribution in [1.82, 2.24) is 3.53 Å². The fourth-order valence-corrected chi connectivity index (χ4v) is 2.54. The summed E-state index contributed by atoms with van der Waals surface area (Å²) in [4.78, 5) is 2.35. The van der Waals surface area contributed by atoms with Crippen LogP contribution in [0.1, 0.15) is 13.3 Å². The van der Waals surface area contributed by atoms with Gasteiger partial charge in [-0.1, -0.05) is 0 Å². The van der Waals surface area contributed by atoms with Gasteiger partial charge in [0, 0.05) is 0 Å². The molecule has 0 aromatic carbocycles. The second kappa shape index (κ2) is 4.84. The predicted octanol–water partition coefficient (Wildman–Crippen LogP) is 1.67. The molecule has 0 aliphatic carbocycles. The van der Waals surface area contributed by atoms with Crippen LogP contribution in [-0.2, 0) is 0 Å². The summed E-state index contributed by atoms with van der Waals surface area (Å²) in [6.45, 7) is 2.24. The Kier molecular flexibility index (Phi) is 5.32. The standard InChI is InChI=1S/C5H14IN/c1-4-5-6(2)7-3/h7H,4-5H2,1-3H3. The summed E-state index contributed by atoms with van der Waals surface area (Å²) in [7, 11) is 2.07. The molecule has 0 bridgehead atoms. The van der Waals surface area contributed by atoms with Crippen LogP contribution >= 0.6 is 20.1 Å². The Hall–Kier alpha value is 0.690. The van der Waals surface area contributed by atoms with Gasteiger partial charge < -0.3 is 0 Å². The molecule has 0 atom stereocenters. The van der Waals surface area contributed by atoms with E-state index < -0.39 is 20.1 Å². The van der Waals surface area contributed by atoms with E-state index in [1.807, 2.05) is 0 Å². The zero-order chi connectivity index (χ0) is 5.70. The van der Waals surface area contributed by atoms with E-state index in [0.717, 1.165) is 0 Å². The van der Waals surface area contributed by atoms with Crippen LogP contribution < -0.4 is 3.53 Å². The van der Waals surface area contributed by atoms with E-state index in [-0.39, 0.29) is 0 Å². The molecule has 1 nitrogen and oxygen atoms in total. The molecule has 0 unspecified atom stereocenters. The minimum atomic E-state index is -0.576. The molecule has 7 heavy (non-hydrogen) atoms. The molecule has 0 aliphatic rings. The van der Waals surface area contributed by atoms with Gasteiger partial charge in [0.2, 0.25) is 0 Å². The van der Waals surface area contributed by atoms with Crippen LogP contribution in [0.15, 0.2) is 0 Å². The summed E-state index contributed by atoms with van der Waals surface area (Å²) in [6, 6.07) is 0. The van der Waals surface area contributed by atoms with Crippen molar-refractivity contribution in [3.8, 4) is 0 Å². The fraction of sp³-hybridized carbons (Fsp3) is 1.00. The number of alkyl halides is 2. The number of hydrogen-bond donors (Lipinski definition) is 1. The Morgan fingerprint density at radius 2 is 2.14 bits per heavy atom. The van der Waals surface area contributed by atoms with Gasteiger partial charge in [-0.15, -0.1) is 0 Å². The summed E-state index contributed by atoms with van der Waals surface area (Å²) in [5, 5.41) is 0. The normalized spacial score (nSPS) is 11.6. The Bertz CT molecular complexity index is 39.1. The van der Waals surface area contributed by atoms with Crippen molar-refractivity contribution in [2.45, 2.75) is 13.3 Å². The number of hydrogen-bond acceptors (Lipinski definition) is 1. The van der Waals surface area contributed by atoms with E-state index in [1.54, 1.807) is 0 Å². The van der Waals surface area contributed by atoms with Crippen LogP contribution in [0.2, 0.25) is 0 Å². The van der Waals surface area contributed by atoms with Gasteiger partial charge in [-0.2, -0.15) is 0 Å². The van der Waals surface area contributed by atoms with Crippen molar-refractivity contribution in [3.05, 3.63) is 0 Å². The van der Waals surface area contributed by atoms with E-state index in [4.69, 9.17) is 0 Å². The molecule has 0 amide bonds. The topological polar surface area (TPSA) is 12.0 Å². The molecule has 0 aromatic rings. The molecular weight excluding hydrogens is 201 g/mol. The second-order valence-corrected chi connectivity index (χ2v) is 6.99. The molecule has 0 heterocycles. The van der Waals surface area contributed by atoms with Crippen LogP contribution in [0.25, 0.3) is 0 Å². The Morgan fingerprint density at radius 3 is 2.29 bits per heavy atom. The van der Waals surface area contributed by atoms with Crippen LogP contribution in [0.5, 0.6) is 0 Å². The average molecular weight is 215 g/mol. The average Bonchev–Trinajstić information content (AvgIpc) is 1.68. The van der Waals surface area contributed by atoms with Gasteiger partial charge in [0.15, 0.2) is 0 Å². The molecule has 0 radical (unpaired) electrons. The van der Waals surface area contributed by atoms with Crippen LogP contribution in [-0.4, -0.2) is 16.4 Å². The SMILES string of the molecule is CCCI(C)NC. The van der Waals surface area contributed by atoms with E-state index in [9.17, 15) is 0 Å². The Labute approximate surface area is 53.6 Å². The molecule has 0 aliphatic heterocycles. The third-order valence-electron chi connectivity index (χ3n) is 0.795. The molecule has 0 spiro atoms. The fourth-order valence-electron chi connectivity index (χ4n) is 0.378. The molecule has 0 saturated carbocycles. The summed E-state index contributed by atoms with van der Waals surface area (Å²) in [5.41, 5.74) is 0. The second-order valence-electron chi connectivity index (χ2n) is 1.47. The first-order chi connectivity index (χ1) is 3.31. The van der Waals surface area contributed by atoms with Crippen LogP contribution in [0, 0.1) is 0 Å². The molecule has 2 heteroatoms. The number of rotatable bonds is 3. The Morgan fingerprint density at radius 1 is 1.57 bits per heavy atom. The van der Waals surface area contributed by atoms with Crippen LogP contribution in [0.4, 0.5) is 0 Å². The van der Waals surface area contributed by atoms with Crippen molar-refractivity contribution in [3.63, 3.8) is 0 Å². The van der Waals surface area contributed by atoms with Crippen molar-refractivity contribution in [2.24, 2.45) is 0 Å². The van der Waals surface area contributed by atoms with E-state index >= 15 is 0 Å². The van der Waals surface area contributed by atoms with Gasteiger partial charge >= 0.3 is 53.4 Å². The molecule has 46 valence electrons. The number of halogens is 1. The summed E-state index contributed by atoms with van der Waals surface area (Å²) >= 11 is -0.576. The molecule has 0 aromatic heterocycles. The maximum atomic E-state index is 3.32. The van der Waals surface area contributed by atoms with Gasteiger partial charge in [0.1, 0.15) is 0 Å². The summed E-state index contributed by atoms with van der Waals surface area (Å²) in [5.74, 6) is 0. The monoisotopic (exact) mass is 215 g/mol. The zero-order valence-electron chi connectivity index (χ0n) is 5.29. The molecule has 0 saturated heterocycles. The van der Waals surface area contributed by atoms with E-state index in [2.05, 4.69) is 22.4 Å². The molecular formula is C5H14IN. The molecule has 0 rings (SSSR count). The predicted molar refractivity (Wildman–Crippen MR) is 44.2 cm³/mol. The minimum absolute atomic E-state index is 0.576. The van der Waals surface area contributed by atoms with E-state index in [0.29, 0.717) is 0 Å². The van der Waals surface area contributed by atoms with Crippen molar-refractivity contribution in [2.75, 3.05) is 16.4 Å². The summed E-state index contributed by atoms with van der Waals surface area (Å²) in [6.07, 6.45) is 1.35. The van der Waals surface area contributed by atoms with Crippen LogP contribution in [0.3, 0.4) is 0 Å². The number of nitrogens with one attached hydrogen (secondary N) is 1. The van der Waals surface area contributed by atoms with Gasteiger partial charge in [0.25, 0.3) is 0 Å². The summed E-state index contributed by atoms with van der Waals surface area (Å²) < 4.78 is 4.77. The van der Waals surface area contributed by atoms with Crippen molar-refractivity contribution >= 4 is 20.1 Å². The third-order valence-corrected chi connectivity index (χ3v) is 5.33. The van der Waals surface area contributed by atoms with Crippen molar-refractivity contribution in [1.29, 1.82) is 0 Å². The third kappa shape index (κ3) is 4.55. The molecule has 1 N–H and O–H groups in total. The first kappa shape index (κ1) is 7.69. The first-order valence-corrected chi connectivity index (χ1v) is 7.30. The zero-order valence-corrected chi connectivity index (χ0v) is 7.45. The van der Waals surface area contributed by atoms with E-state index in [1.165, 1.54) is 10.8 Å². The quantitative estimate of drug-likeness (QED) is 0.429. The first-order valence-electron chi connectivity index (χ1n) is 2.54. The van der Waals surface area contributed by atoms with Gasteiger partial charge in [-0.25, -0.2) is 0 Å². The Balaban J connectivity index is 2.83. The maximum absolute atomic E-state index is 3.32. The van der Waals surface area contributed by atoms with Gasteiger partial charge in [0.05, 0.1) is 0 Å². The molecule has 0 fully saturated rings. The van der Waals surface area contributed by atoms with Gasteiger partial charge in [-0.05, 0) is 0 Å².